The van der Waals surface area contributed by atoms with Gasteiger partial charge in [-0.25, -0.2) is 13.9 Å². The number of piperidine rings is 2. The van der Waals surface area contributed by atoms with Crippen LogP contribution in [-0.2, 0) is 21.4 Å². The molecule has 0 aliphatic carbocycles. The van der Waals surface area contributed by atoms with Crippen molar-refractivity contribution < 1.29 is 19.1 Å². The van der Waals surface area contributed by atoms with E-state index in [0.29, 0.717) is 17.9 Å². The van der Waals surface area contributed by atoms with Gasteiger partial charge < -0.3 is 4.74 Å². The molecule has 0 spiro atoms. The standard InChI is InChI=1S/C23H31N5O5S/c1-23(2,3)33-21(31)25-34-27-11-9-14(10-12-27)15-5-6-16-18(13-15)26(4)22(32)28(16)17-7-8-19(29)24-20(17)30/h5-6,13-14,17H,7-12H2,1-4H3,(H,25,31)(H,24,29,30). The maximum absolute atomic E-state index is 13.0. The molecule has 3 amide bonds. The molecular weight excluding hydrogens is 458 g/mol. The van der Waals surface area contributed by atoms with Crippen LogP contribution >= 0.6 is 12.1 Å². The van der Waals surface area contributed by atoms with Gasteiger partial charge in [0.2, 0.25) is 11.8 Å². The van der Waals surface area contributed by atoms with Crippen molar-refractivity contribution in [1.82, 2.24) is 23.5 Å². The second kappa shape index (κ2) is 9.46. The number of carbonyl (C=O) groups excluding carboxylic acids is 3. The molecule has 0 bridgehead atoms. The topological polar surface area (TPSA) is 115 Å². The lowest BCUT2D eigenvalue weighted by Gasteiger charge is -2.31. The van der Waals surface area contributed by atoms with Crippen LogP contribution in [0.2, 0.25) is 0 Å². The molecule has 184 valence electrons. The molecule has 4 rings (SSSR count). The van der Waals surface area contributed by atoms with E-state index in [2.05, 4.69) is 14.3 Å². The van der Waals surface area contributed by atoms with E-state index in [1.54, 1.807) is 11.6 Å². The van der Waals surface area contributed by atoms with E-state index in [-0.39, 0.29) is 18.0 Å². The second-order valence-corrected chi connectivity index (χ2v) is 10.7. The number of carbonyl (C=O) groups is 3. The van der Waals surface area contributed by atoms with Crippen LogP contribution in [0, 0.1) is 0 Å². The lowest BCUT2D eigenvalue weighted by Crippen LogP contribution is -2.44. The van der Waals surface area contributed by atoms with Gasteiger partial charge in [-0.2, -0.15) is 0 Å². The molecule has 2 fully saturated rings. The highest BCUT2D eigenvalue weighted by atomic mass is 32.2. The van der Waals surface area contributed by atoms with Gasteiger partial charge in [0.15, 0.2) is 0 Å². The maximum atomic E-state index is 13.0. The molecule has 0 saturated carbocycles. The van der Waals surface area contributed by atoms with Gasteiger partial charge >= 0.3 is 11.8 Å². The Balaban J connectivity index is 1.44. The van der Waals surface area contributed by atoms with Crippen molar-refractivity contribution >= 4 is 41.1 Å². The summed E-state index contributed by atoms with van der Waals surface area (Å²) in [5.74, 6) is -0.403. The fourth-order valence-corrected chi connectivity index (χ4v) is 5.18. The number of aryl methyl sites for hydroxylation is 1. The third kappa shape index (κ3) is 5.15. The Bertz CT molecular complexity index is 1170. The van der Waals surface area contributed by atoms with Crippen LogP contribution in [0.1, 0.15) is 64.0 Å². The van der Waals surface area contributed by atoms with E-state index in [1.165, 1.54) is 16.7 Å². The average molecular weight is 490 g/mol. The molecule has 2 saturated heterocycles. The third-order valence-electron chi connectivity index (χ3n) is 6.22. The molecule has 1 aromatic heterocycles. The van der Waals surface area contributed by atoms with Crippen molar-refractivity contribution in [2.45, 2.75) is 64.0 Å². The van der Waals surface area contributed by atoms with Gasteiger partial charge in [0.25, 0.3) is 0 Å². The number of hydrogen-bond donors (Lipinski definition) is 2. The van der Waals surface area contributed by atoms with E-state index < -0.39 is 23.6 Å². The number of nitrogens with zero attached hydrogens (tertiary/aromatic N) is 3. The predicted octanol–water partition coefficient (Wildman–Crippen LogP) is 2.59. The number of ether oxygens (including phenoxy) is 1. The summed E-state index contributed by atoms with van der Waals surface area (Å²) in [5.41, 5.74) is 1.82. The number of imide groups is 1. The molecular formula is C23H31N5O5S. The smallest absolute Gasteiger partial charge is 0.418 e. The van der Waals surface area contributed by atoms with Gasteiger partial charge in [0, 0.05) is 38.7 Å². The summed E-state index contributed by atoms with van der Waals surface area (Å²) in [5, 5.41) is 2.34. The Labute approximate surface area is 202 Å². The molecule has 10 nitrogen and oxygen atoms in total. The Morgan fingerprint density at radius 1 is 1.12 bits per heavy atom. The largest absolute Gasteiger partial charge is 0.443 e. The first-order valence-corrected chi connectivity index (χ1v) is 12.3. The highest BCUT2D eigenvalue weighted by molar-refractivity contribution is 7.95. The number of fused-ring (bicyclic) bond motifs is 1. The van der Waals surface area contributed by atoms with Crippen LogP contribution in [-0.4, -0.2) is 50.0 Å². The normalized spacial score (nSPS) is 20.4. The van der Waals surface area contributed by atoms with Crippen molar-refractivity contribution in [3.05, 3.63) is 34.2 Å². The number of hydrogen-bond acceptors (Lipinski definition) is 7. The Morgan fingerprint density at radius 3 is 2.47 bits per heavy atom. The molecule has 0 radical (unpaired) electrons. The molecule has 3 heterocycles. The molecule has 1 atom stereocenters. The van der Waals surface area contributed by atoms with Crippen molar-refractivity contribution in [2.24, 2.45) is 7.05 Å². The van der Waals surface area contributed by atoms with Crippen LogP contribution in [0.15, 0.2) is 23.0 Å². The van der Waals surface area contributed by atoms with Crippen molar-refractivity contribution in [3.63, 3.8) is 0 Å². The Kier molecular flexibility index (Phi) is 6.77. The minimum Gasteiger partial charge on any atom is -0.443 e. The van der Waals surface area contributed by atoms with Gasteiger partial charge in [-0.15, -0.1) is 0 Å². The molecule has 34 heavy (non-hydrogen) atoms. The lowest BCUT2D eigenvalue weighted by molar-refractivity contribution is -0.135. The minimum absolute atomic E-state index is 0.219. The van der Waals surface area contributed by atoms with Crippen LogP contribution < -0.4 is 15.7 Å². The number of aromatic nitrogens is 2. The lowest BCUT2D eigenvalue weighted by atomic mass is 9.90. The zero-order valence-electron chi connectivity index (χ0n) is 19.9. The van der Waals surface area contributed by atoms with E-state index in [1.807, 2.05) is 39.0 Å². The summed E-state index contributed by atoms with van der Waals surface area (Å²) in [6.07, 6.45) is 1.91. The van der Waals surface area contributed by atoms with Gasteiger partial charge in [-0.3, -0.25) is 28.8 Å². The highest BCUT2D eigenvalue weighted by Crippen LogP contribution is 2.32. The van der Waals surface area contributed by atoms with E-state index >= 15 is 0 Å². The molecule has 11 heteroatoms. The molecule has 1 unspecified atom stereocenters. The predicted molar refractivity (Wildman–Crippen MR) is 129 cm³/mol. The zero-order valence-corrected chi connectivity index (χ0v) is 20.7. The van der Waals surface area contributed by atoms with Gasteiger partial charge in [0.05, 0.1) is 11.0 Å². The fourth-order valence-electron chi connectivity index (χ4n) is 4.55. The summed E-state index contributed by atoms with van der Waals surface area (Å²) in [4.78, 5) is 48.7. The highest BCUT2D eigenvalue weighted by Gasteiger charge is 2.31. The van der Waals surface area contributed by atoms with Crippen molar-refractivity contribution in [1.29, 1.82) is 0 Å². The Hall–Kier alpha value is -2.79. The summed E-state index contributed by atoms with van der Waals surface area (Å²) in [6.45, 7) is 7.09. The maximum Gasteiger partial charge on any atom is 0.418 e. The van der Waals surface area contributed by atoms with Crippen molar-refractivity contribution in [3.8, 4) is 0 Å². The summed E-state index contributed by atoms with van der Waals surface area (Å²) in [7, 11) is 1.71. The first-order valence-electron chi connectivity index (χ1n) is 11.5. The average Bonchev–Trinajstić information content (AvgIpc) is 3.01. The van der Waals surface area contributed by atoms with Crippen LogP contribution in [0.3, 0.4) is 0 Å². The van der Waals surface area contributed by atoms with E-state index in [9.17, 15) is 19.2 Å². The zero-order chi connectivity index (χ0) is 24.6. The molecule has 1 aromatic carbocycles. The number of amides is 3. The number of nitrogens with one attached hydrogen (secondary N) is 2. The Morgan fingerprint density at radius 2 is 1.82 bits per heavy atom. The van der Waals surface area contributed by atoms with Crippen molar-refractivity contribution in [2.75, 3.05) is 13.1 Å². The SMILES string of the molecule is Cn1c(=O)n(C2CCC(=O)NC2=O)c2ccc(C3CCN(SNC(=O)OC(C)(C)C)CC3)cc21. The number of benzene rings is 1. The number of imidazole rings is 1. The third-order valence-corrected chi connectivity index (χ3v) is 7.10. The molecule has 2 aliphatic rings. The van der Waals surface area contributed by atoms with Gasteiger partial charge in [0.1, 0.15) is 11.6 Å². The fraction of sp³-hybridized carbons (Fsp3) is 0.565. The molecule has 2 aliphatic heterocycles. The number of rotatable bonds is 4. The van der Waals surface area contributed by atoms with Crippen LogP contribution in [0.25, 0.3) is 11.0 Å². The first-order chi connectivity index (χ1) is 16.0. The quantitative estimate of drug-likeness (QED) is 0.501. The van der Waals surface area contributed by atoms with Crippen LogP contribution in [0.4, 0.5) is 4.79 Å². The molecule has 2 aromatic rings. The van der Waals surface area contributed by atoms with E-state index in [0.717, 1.165) is 37.0 Å². The van der Waals surface area contributed by atoms with Crippen LogP contribution in [0.5, 0.6) is 0 Å². The minimum atomic E-state index is -0.683. The van der Waals surface area contributed by atoms with E-state index in [4.69, 9.17) is 4.74 Å². The summed E-state index contributed by atoms with van der Waals surface area (Å²) < 4.78 is 13.2. The monoisotopic (exact) mass is 489 g/mol. The molecule has 2 N–H and O–H groups in total. The summed E-state index contributed by atoms with van der Waals surface area (Å²) in [6, 6.07) is 5.28. The summed E-state index contributed by atoms with van der Waals surface area (Å²) >= 11 is 1.27. The second-order valence-electron chi connectivity index (χ2n) is 9.83. The first kappa shape index (κ1) is 24.3. The van der Waals surface area contributed by atoms with Gasteiger partial charge in [-0.1, -0.05) is 6.07 Å². The van der Waals surface area contributed by atoms with Gasteiger partial charge in [-0.05, 0) is 63.6 Å².